The molecule has 1 aromatic rings. The first-order chi connectivity index (χ1) is 14.7. The molecule has 0 aliphatic carbocycles. The van der Waals surface area contributed by atoms with E-state index in [1.165, 1.54) is 0 Å². The van der Waals surface area contributed by atoms with Gasteiger partial charge in [0.1, 0.15) is 23.4 Å². The number of piperidine rings is 1. The molecule has 1 fully saturated rings. The molecule has 2 aliphatic heterocycles. The van der Waals surface area contributed by atoms with Crippen molar-refractivity contribution >= 4 is 12.1 Å². The minimum atomic E-state index is -0.917. The van der Waals surface area contributed by atoms with E-state index in [-0.39, 0.29) is 31.7 Å². The first-order valence-electron chi connectivity index (χ1n) is 11.0. The standard InChI is InChI=1S/C24H32N2O5/c1-5-29-21(27)24(11-6-12-25)16-30-20-15-18(7-8-19(20)24)17-9-13-26(14-10-17)22(28)31-23(2,3)4/h7-8,15,17H,5-6,9-11,13-14,16H2,1-4H3. The number of carbonyl (C=O) groups excluding carboxylic acids is 2. The minimum absolute atomic E-state index is 0.198. The topological polar surface area (TPSA) is 88.9 Å². The van der Waals surface area contributed by atoms with Crippen molar-refractivity contribution in [2.45, 2.75) is 70.3 Å². The Labute approximate surface area is 184 Å². The van der Waals surface area contributed by atoms with E-state index in [2.05, 4.69) is 6.07 Å². The summed E-state index contributed by atoms with van der Waals surface area (Å²) >= 11 is 0. The van der Waals surface area contributed by atoms with Gasteiger partial charge in [-0.2, -0.15) is 5.26 Å². The first-order valence-corrected chi connectivity index (χ1v) is 11.0. The van der Waals surface area contributed by atoms with Gasteiger partial charge in [0.2, 0.25) is 0 Å². The molecule has 0 spiro atoms. The van der Waals surface area contributed by atoms with E-state index in [4.69, 9.17) is 19.5 Å². The summed E-state index contributed by atoms with van der Waals surface area (Å²) in [5.41, 5.74) is 0.528. The van der Waals surface area contributed by atoms with Crippen LogP contribution in [0.3, 0.4) is 0 Å². The Hall–Kier alpha value is -2.75. The molecule has 7 nitrogen and oxygen atoms in total. The van der Waals surface area contributed by atoms with E-state index in [0.717, 1.165) is 24.0 Å². The second-order valence-corrected chi connectivity index (χ2v) is 9.25. The van der Waals surface area contributed by atoms with Gasteiger partial charge < -0.3 is 19.1 Å². The fraction of sp³-hybridized carbons (Fsp3) is 0.625. The average molecular weight is 429 g/mol. The molecule has 1 saturated heterocycles. The number of fused-ring (bicyclic) bond motifs is 1. The zero-order valence-electron chi connectivity index (χ0n) is 18.9. The van der Waals surface area contributed by atoms with Crippen LogP contribution in [-0.2, 0) is 19.7 Å². The van der Waals surface area contributed by atoms with E-state index < -0.39 is 11.0 Å². The molecular weight excluding hydrogens is 396 g/mol. The number of carbonyl (C=O) groups is 2. The summed E-state index contributed by atoms with van der Waals surface area (Å²) in [5.74, 6) is 0.671. The zero-order valence-corrected chi connectivity index (χ0v) is 18.9. The maximum Gasteiger partial charge on any atom is 0.410 e. The van der Waals surface area contributed by atoms with Gasteiger partial charge in [-0.05, 0) is 64.5 Å². The largest absolute Gasteiger partial charge is 0.492 e. The van der Waals surface area contributed by atoms with Gasteiger partial charge >= 0.3 is 12.1 Å². The van der Waals surface area contributed by atoms with Crippen molar-refractivity contribution in [3.8, 4) is 11.8 Å². The van der Waals surface area contributed by atoms with Gasteiger partial charge in [0.05, 0.1) is 12.7 Å². The molecule has 0 aromatic heterocycles. The number of nitriles is 1. The van der Waals surface area contributed by atoms with Gasteiger partial charge in [-0.15, -0.1) is 0 Å². The van der Waals surface area contributed by atoms with Crippen LogP contribution in [0, 0.1) is 11.3 Å². The number of esters is 1. The van der Waals surface area contributed by atoms with Crippen LogP contribution in [0.5, 0.6) is 5.75 Å². The SMILES string of the molecule is CCOC(=O)C1(CCC#N)COc2cc(C3CCN(C(=O)OC(C)(C)C)CC3)ccc21. The molecule has 0 bridgehead atoms. The molecule has 2 heterocycles. The zero-order chi connectivity index (χ0) is 22.6. The Kier molecular flexibility index (Phi) is 6.78. The number of benzene rings is 1. The summed E-state index contributed by atoms with van der Waals surface area (Å²) < 4.78 is 16.7. The molecule has 168 valence electrons. The van der Waals surface area contributed by atoms with E-state index in [1.807, 2.05) is 39.0 Å². The van der Waals surface area contributed by atoms with Crippen molar-refractivity contribution in [2.24, 2.45) is 0 Å². The molecule has 2 aliphatic rings. The maximum absolute atomic E-state index is 12.8. The van der Waals surface area contributed by atoms with E-state index in [1.54, 1.807) is 11.8 Å². The quantitative estimate of drug-likeness (QED) is 0.650. The summed E-state index contributed by atoms with van der Waals surface area (Å²) in [4.78, 5) is 26.8. The molecule has 1 aromatic carbocycles. The van der Waals surface area contributed by atoms with Crippen LogP contribution in [-0.4, -0.2) is 48.9 Å². The van der Waals surface area contributed by atoms with Gasteiger partial charge in [-0.3, -0.25) is 4.79 Å². The lowest BCUT2D eigenvalue weighted by molar-refractivity contribution is -0.150. The second-order valence-electron chi connectivity index (χ2n) is 9.25. The Morgan fingerprint density at radius 3 is 2.61 bits per heavy atom. The van der Waals surface area contributed by atoms with Crippen molar-refractivity contribution in [2.75, 3.05) is 26.3 Å². The predicted molar refractivity (Wildman–Crippen MR) is 115 cm³/mol. The van der Waals surface area contributed by atoms with E-state index >= 15 is 0 Å². The highest BCUT2D eigenvalue weighted by molar-refractivity contribution is 5.85. The lowest BCUT2D eigenvalue weighted by atomic mass is 9.77. The highest BCUT2D eigenvalue weighted by Gasteiger charge is 2.48. The highest BCUT2D eigenvalue weighted by Crippen LogP contribution is 2.45. The third-order valence-electron chi connectivity index (χ3n) is 5.94. The van der Waals surface area contributed by atoms with Crippen molar-refractivity contribution in [1.82, 2.24) is 4.90 Å². The van der Waals surface area contributed by atoms with Crippen molar-refractivity contribution < 1.29 is 23.8 Å². The molecule has 1 atom stereocenters. The lowest BCUT2D eigenvalue weighted by Crippen LogP contribution is -2.41. The molecule has 1 unspecified atom stereocenters. The smallest absolute Gasteiger partial charge is 0.410 e. The third-order valence-corrected chi connectivity index (χ3v) is 5.94. The van der Waals surface area contributed by atoms with Crippen LogP contribution >= 0.6 is 0 Å². The van der Waals surface area contributed by atoms with Gasteiger partial charge in [-0.25, -0.2) is 4.79 Å². The number of likely N-dealkylation sites (tertiary alicyclic amines) is 1. The molecule has 3 rings (SSSR count). The Bertz CT molecular complexity index is 862. The fourth-order valence-corrected chi connectivity index (χ4v) is 4.32. The van der Waals surface area contributed by atoms with Gasteiger partial charge in [0.25, 0.3) is 0 Å². The van der Waals surface area contributed by atoms with Crippen molar-refractivity contribution in [3.05, 3.63) is 29.3 Å². The van der Waals surface area contributed by atoms with Crippen LogP contribution in [0.2, 0.25) is 0 Å². The first kappa shape index (κ1) is 22.9. The Morgan fingerprint density at radius 2 is 2.00 bits per heavy atom. The van der Waals surface area contributed by atoms with E-state index in [0.29, 0.717) is 31.2 Å². The van der Waals surface area contributed by atoms with Crippen LogP contribution in [0.15, 0.2) is 18.2 Å². The van der Waals surface area contributed by atoms with Crippen LogP contribution in [0.1, 0.15) is 70.4 Å². The lowest BCUT2D eigenvalue weighted by Gasteiger charge is -2.33. The molecule has 0 N–H and O–H groups in total. The third kappa shape index (κ3) is 4.95. The molecule has 31 heavy (non-hydrogen) atoms. The number of nitrogens with zero attached hydrogens (tertiary/aromatic N) is 2. The van der Waals surface area contributed by atoms with Crippen molar-refractivity contribution in [3.63, 3.8) is 0 Å². The molecular formula is C24H32N2O5. The number of hydrogen-bond acceptors (Lipinski definition) is 6. The van der Waals surface area contributed by atoms with Crippen LogP contribution < -0.4 is 4.74 Å². The molecule has 1 amide bonds. The van der Waals surface area contributed by atoms with Crippen molar-refractivity contribution in [1.29, 1.82) is 5.26 Å². The minimum Gasteiger partial charge on any atom is -0.492 e. The number of ether oxygens (including phenoxy) is 3. The number of hydrogen-bond donors (Lipinski definition) is 0. The summed E-state index contributed by atoms with van der Waals surface area (Å²) in [5, 5.41) is 9.06. The van der Waals surface area contributed by atoms with Gasteiger partial charge in [-0.1, -0.05) is 12.1 Å². The van der Waals surface area contributed by atoms with Crippen LogP contribution in [0.25, 0.3) is 0 Å². The second kappa shape index (κ2) is 9.17. The Morgan fingerprint density at radius 1 is 1.29 bits per heavy atom. The highest BCUT2D eigenvalue weighted by atomic mass is 16.6. The molecule has 0 radical (unpaired) electrons. The van der Waals surface area contributed by atoms with E-state index in [9.17, 15) is 9.59 Å². The van der Waals surface area contributed by atoms with Gasteiger partial charge in [0.15, 0.2) is 0 Å². The summed E-state index contributed by atoms with van der Waals surface area (Å²) in [6.45, 7) is 9.16. The Balaban J connectivity index is 1.72. The molecule has 7 heteroatoms. The van der Waals surface area contributed by atoms with Crippen LogP contribution in [0.4, 0.5) is 4.79 Å². The normalized spacial score (nSPS) is 21.1. The van der Waals surface area contributed by atoms with Gasteiger partial charge in [0, 0.05) is 25.1 Å². The number of rotatable bonds is 5. The fourth-order valence-electron chi connectivity index (χ4n) is 4.32. The summed E-state index contributed by atoms with van der Waals surface area (Å²) in [7, 11) is 0. The number of amides is 1. The molecule has 0 saturated carbocycles. The monoisotopic (exact) mass is 428 g/mol. The predicted octanol–water partition coefficient (Wildman–Crippen LogP) is 4.30. The maximum atomic E-state index is 12.8. The summed E-state index contributed by atoms with van der Waals surface area (Å²) in [6.07, 6.45) is 2.06. The summed E-state index contributed by atoms with van der Waals surface area (Å²) in [6, 6.07) is 8.14. The average Bonchev–Trinajstić information content (AvgIpc) is 3.10.